The van der Waals surface area contributed by atoms with Gasteiger partial charge in [-0.15, -0.1) is 11.3 Å². The quantitative estimate of drug-likeness (QED) is 0.187. The molecular formula is C35H30FN3O3S. The van der Waals surface area contributed by atoms with E-state index >= 15 is 0 Å². The Labute approximate surface area is 252 Å². The number of ether oxygens (including phenoxy) is 1. The molecule has 0 radical (unpaired) electrons. The SMILES string of the molecule is COc1ccc(-c2sc3c(c2CNCCc2ccccc2)c(=O)n(-c2ccccc2)c(=O)n3Cc2ccccc2F)cc1. The minimum atomic E-state index is -0.516. The first-order chi connectivity index (χ1) is 21.0. The smallest absolute Gasteiger partial charge is 0.337 e. The van der Waals surface area contributed by atoms with Crippen LogP contribution < -0.4 is 21.3 Å². The van der Waals surface area contributed by atoms with Crippen LogP contribution >= 0.6 is 11.3 Å². The van der Waals surface area contributed by atoms with Crippen molar-refractivity contribution in [2.75, 3.05) is 13.7 Å². The number of methoxy groups -OCH3 is 1. The highest BCUT2D eigenvalue weighted by Gasteiger charge is 2.24. The van der Waals surface area contributed by atoms with E-state index in [0.29, 0.717) is 34.6 Å². The van der Waals surface area contributed by atoms with Gasteiger partial charge in [-0.3, -0.25) is 9.36 Å². The van der Waals surface area contributed by atoms with Gasteiger partial charge in [0.1, 0.15) is 16.4 Å². The standard InChI is InChI=1S/C35H30FN3O3S/c1-42-28-18-16-25(17-19-28)32-29(22-37-21-20-24-10-4-2-5-11-24)31-33(40)39(27-13-6-3-7-14-27)35(41)38(34(31)43-32)23-26-12-8-9-15-30(26)36/h2-19,37H,20-23H2,1H3. The van der Waals surface area contributed by atoms with E-state index < -0.39 is 17.1 Å². The summed E-state index contributed by atoms with van der Waals surface area (Å²) in [6.45, 7) is 1.10. The van der Waals surface area contributed by atoms with Gasteiger partial charge in [-0.2, -0.15) is 0 Å². The normalized spacial score (nSPS) is 11.2. The van der Waals surface area contributed by atoms with Gasteiger partial charge in [-0.05, 0) is 72.1 Å². The molecule has 216 valence electrons. The van der Waals surface area contributed by atoms with E-state index in [4.69, 9.17) is 4.74 Å². The maximum Gasteiger partial charge on any atom is 0.337 e. The third-order valence-corrected chi connectivity index (χ3v) is 8.76. The number of aromatic nitrogens is 2. The number of nitrogens with zero attached hydrogens (tertiary/aromatic N) is 2. The Balaban J connectivity index is 1.55. The number of nitrogens with one attached hydrogen (secondary N) is 1. The molecule has 0 aliphatic rings. The van der Waals surface area contributed by atoms with Crippen LogP contribution in [0.15, 0.2) is 119 Å². The summed E-state index contributed by atoms with van der Waals surface area (Å²) in [5, 5.41) is 3.97. The van der Waals surface area contributed by atoms with Crippen LogP contribution in [-0.2, 0) is 19.5 Å². The van der Waals surface area contributed by atoms with Gasteiger partial charge in [0.2, 0.25) is 0 Å². The number of para-hydroxylation sites is 1. The number of hydrogen-bond donors (Lipinski definition) is 1. The van der Waals surface area contributed by atoms with Crippen LogP contribution in [0.25, 0.3) is 26.3 Å². The summed E-state index contributed by atoms with van der Waals surface area (Å²) in [7, 11) is 1.62. The largest absolute Gasteiger partial charge is 0.497 e. The molecule has 0 aliphatic carbocycles. The second-order valence-electron chi connectivity index (χ2n) is 10.2. The molecule has 0 fully saturated rings. The van der Waals surface area contributed by atoms with Crippen molar-refractivity contribution in [3.63, 3.8) is 0 Å². The van der Waals surface area contributed by atoms with Crippen molar-refractivity contribution in [3.8, 4) is 21.9 Å². The van der Waals surface area contributed by atoms with Crippen molar-refractivity contribution >= 4 is 21.6 Å². The summed E-state index contributed by atoms with van der Waals surface area (Å²) in [6.07, 6.45) is 0.826. The second kappa shape index (κ2) is 12.6. The Morgan fingerprint density at radius 3 is 2.21 bits per heavy atom. The predicted octanol–water partition coefficient (Wildman–Crippen LogP) is 6.41. The Kier molecular flexibility index (Phi) is 8.31. The topological polar surface area (TPSA) is 65.3 Å². The van der Waals surface area contributed by atoms with Gasteiger partial charge in [0.05, 0.1) is 24.7 Å². The molecule has 8 heteroatoms. The summed E-state index contributed by atoms with van der Waals surface area (Å²) in [4.78, 5) is 29.7. The van der Waals surface area contributed by atoms with Gasteiger partial charge in [-0.1, -0.05) is 66.7 Å². The van der Waals surface area contributed by atoms with Gasteiger partial charge in [0, 0.05) is 17.0 Å². The fourth-order valence-electron chi connectivity index (χ4n) is 5.24. The van der Waals surface area contributed by atoms with Crippen LogP contribution in [0.4, 0.5) is 4.39 Å². The molecule has 1 N–H and O–H groups in total. The fourth-order valence-corrected chi connectivity index (χ4v) is 6.56. The van der Waals surface area contributed by atoms with Crippen LogP contribution in [0.2, 0.25) is 0 Å². The number of thiophene rings is 1. The Hall–Kier alpha value is -4.79. The molecule has 0 aliphatic heterocycles. The molecule has 0 saturated carbocycles. The second-order valence-corrected chi connectivity index (χ2v) is 11.2. The van der Waals surface area contributed by atoms with E-state index in [1.54, 1.807) is 49.6 Å². The van der Waals surface area contributed by atoms with Gasteiger partial charge in [0.15, 0.2) is 0 Å². The lowest BCUT2D eigenvalue weighted by Gasteiger charge is -2.13. The zero-order chi connectivity index (χ0) is 29.8. The average Bonchev–Trinajstić information content (AvgIpc) is 3.43. The molecule has 0 unspecified atom stereocenters. The van der Waals surface area contributed by atoms with Crippen molar-refractivity contribution in [1.29, 1.82) is 0 Å². The van der Waals surface area contributed by atoms with Crippen LogP contribution in [0.3, 0.4) is 0 Å². The highest BCUT2D eigenvalue weighted by atomic mass is 32.1. The van der Waals surface area contributed by atoms with Crippen molar-refractivity contribution in [2.24, 2.45) is 0 Å². The molecule has 0 amide bonds. The van der Waals surface area contributed by atoms with Gasteiger partial charge in [0.25, 0.3) is 5.56 Å². The third kappa shape index (κ3) is 5.80. The van der Waals surface area contributed by atoms with E-state index in [9.17, 15) is 14.0 Å². The van der Waals surface area contributed by atoms with E-state index in [1.165, 1.54) is 32.1 Å². The number of benzene rings is 4. The molecule has 6 nitrogen and oxygen atoms in total. The van der Waals surface area contributed by atoms with Crippen LogP contribution in [-0.4, -0.2) is 22.8 Å². The summed E-state index contributed by atoms with van der Waals surface area (Å²) in [6, 6.07) is 33.1. The average molecular weight is 592 g/mol. The predicted molar refractivity (Wildman–Crippen MR) is 171 cm³/mol. The van der Waals surface area contributed by atoms with E-state index in [0.717, 1.165) is 28.2 Å². The number of fused-ring (bicyclic) bond motifs is 1. The van der Waals surface area contributed by atoms with E-state index in [1.807, 2.05) is 48.5 Å². The molecule has 43 heavy (non-hydrogen) atoms. The molecule has 0 saturated heterocycles. The fraction of sp³-hybridized carbons (Fsp3) is 0.143. The van der Waals surface area contributed by atoms with Gasteiger partial charge >= 0.3 is 5.69 Å². The molecule has 2 heterocycles. The molecule has 2 aromatic heterocycles. The van der Waals surface area contributed by atoms with E-state index in [-0.39, 0.29) is 6.54 Å². The maximum atomic E-state index is 14.9. The minimum Gasteiger partial charge on any atom is -0.497 e. The lowest BCUT2D eigenvalue weighted by molar-refractivity contribution is 0.415. The third-order valence-electron chi connectivity index (χ3n) is 7.46. The van der Waals surface area contributed by atoms with Crippen LogP contribution in [0.1, 0.15) is 16.7 Å². The Morgan fingerprint density at radius 2 is 1.51 bits per heavy atom. The molecule has 4 aromatic carbocycles. The van der Waals surface area contributed by atoms with Crippen molar-refractivity contribution in [2.45, 2.75) is 19.5 Å². The first-order valence-corrected chi connectivity index (χ1v) is 14.9. The highest BCUT2D eigenvalue weighted by Crippen LogP contribution is 2.38. The number of hydrogen-bond acceptors (Lipinski definition) is 5. The minimum absolute atomic E-state index is 0.0153. The first kappa shape index (κ1) is 28.3. The lowest BCUT2D eigenvalue weighted by Crippen LogP contribution is -2.39. The molecule has 0 spiro atoms. The monoisotopic (exact) mass is 591 g/mol. The summed E-state index contributed by atoms with van der Waals surface area (Å²) in [5.74, 6) is 0.310. The van der Waals surface area contributed by atoms with E-state index in [2.05, 4.69) is 17.4 Å². The number of halogens is 1. The molecular weight excluding hydrogens is 561 g/mol. The molecule has 0 atom stereocenters. The lowest BCUT2D eigenvalue weighted by atomic mass is 10.1. The van der Waals surface area contributed by atoms with Crippen LogP contribution in [0.5, 0.6) is 5.75 Å². The van der Waals surface area contributed by atoms with Gasteiger partial charge < -0.3 is 10.1 Å². The summed E-state index contributed by atoms with van der Waals surface area (Å²) in [5.41, 5.74) is 2.83. The van der Waals surface area contributed by atoms with Crippen molar-refractivity contribution in [3.05, 3.63) is 153 Å². The zero-order valence-electron chi connectivity index (χ0n) is 23.6. The van der Waals surface area contributed by atoms with Crippen molar-refractivity contribution < 1.29 is 9.13 Å². The molecule has 6 rings (SSSR count). The highest BCUT2D eigenvalue weighted by molar-refractivity contribution is 7.22. The summed E-state index contributed by atoms with van der Waals surface area (Å²) >= 11 is 1.38. The van der Waals surface area contributed by atoms with Gasteiger partial charge in [-0.25, -0.2) is 13.8 Å². The first-order valence-electron chi connectivity index (χ1n) is 14.0. The summed E-state index contributed by atoms with van der Waals surface area (Å²) < 4.78 is 23.0. The van der Waals surface area contributed by atoms with Crippen molar-refractivity contribution in [1.82, 2.24) is 14.5 Å². The molecule has 6 aromatic rings. The Bertz CT molecular complexity index is 1980. The Morgan fingerprint density at radius 1 is 0.837 bits per heavy atom. The van der Waals surface area contributed by atoms with Crippen LogP contribution in [0, 0.1) is 5.82 Å². The maximum absolute atomic E-state index is 14.9. The number of rotatable bonds is 10. The zero-order valence-corrected chi connectivity index (χ0v) is 24.4. The molecule has 0 bridgehead atoms.